The van der Waals surface area contributed by atoms with Gasteiger partial charge in [-0.15, -0.1) is 5.10 Å². The lowest BCUT2D eigenvalue weighted by Crippen LogP contribution is -2.30. The fourth-order valence-electron chi connectivity index (χ4n) is 2.28. The van der Waals surface area contributed by atoms with Gasteiger partial charge in [-0.1, -0.05) is 5.21 Å². The number of rotatable bonds is 4. The summed E-state index contributed by atoms with van der Waals surface area (Å²) in [6.45, 7) is 1.28. The molecule has 3 rings (SSSR count). The van der Waals surface area contributed by atoms with Gasteiger partial charge in [0.2, 0.25) is 5.52 Å². The molecule has 0 N–H and O–H groups in total. The molecule has 2 aromatic heterocycles. The number of esters is 1. The second-order valence-electron chi connectivity index (χ2n) is 4.99. The quantitative estimate of drug-likeness (QED) is 0.402. The number of nitrogens with zero attached hydrogens (tertiary/aromatic N) is 6. The molecule has 126 valence electrons. The van der Waals surface area contributed by atoms with Crippen LogP contribution in [-0.2, 0) is 21.3 Å². The van der Waals surface area contributed by atoms with E-state index in [0.717, 1.165) is 9.36 Å². The number of carbonyl (C=O) groups excluding carboxylic acids is 1. The molecule has 0 aromatic carbocycles. The molecule has 0 bridgehead atoms. The first-order valence-electron chi connectivity index (χ1n) is 6.82. The standard InChI is InChI=1S/C12H12N6O6/c1-6(19)23-5-7-3-4-8(24-7)17-12(20)10-9(13-15-17)11(18(21)22)14-16(10)2/h3-4,7-8H,5H2,1-2H3. The molecule has 2 radical (unpaired) electrons. The van der Waals surface area contributed by atoms with Gasteiger partial charge in [-0.05, 0) is 4.92 Å². The molecule has 0 saturated carbocycles. The summed E-state index contributed by atoms with van der Waals surface area (Å²) < 4.78 is 12.4. The van der Waals surface area contributed by atoms with Crippen LogP contribution in [0, 0.1) is 23.0 Å². The van der Waals surface area contributed by atoms with Crippen molar-refractivity contribution in [3.05, 3.63) is 33.3 Å². The molecule has 3 heterocycles. The van der Waals surface area contributed by atoms with E-state index in [1.165, 1.54) is 14.0 Å². The van der Waals surface area contributed by atoms with Crippen LogP contribution in [0.25, 0.3) is 11.0 Å². The van der Waals surface area contributed by atoms with E-state index in [2.05, 4.69) is 15.4 Å². The molecule has 12 nitrogen and oxygen atoms in total. The lowest BCUT2D eigenvalue weighted by Gasteiger charge is -2.13. The summed E-state index contributed by atoms with van der Waals surface area (Å²) >= 11 is 0. The minimum absolute atomic E-state index is 0.00391. The Bertz CT molecular complexity index is 873. The van der Waals surface area contributed by atoms with Crippen molar-refractivity contribution in [2.75, 3.05) is 6.61 Å². The van der Waals surface area contributed by atoms with E-state index >= 15 is 0 Å². The van der Waals surface area contributed by atoms with E-state index in [1.807, 2.05) is 0 Å². The summed E-state index contributed by atoms with van der Waals surface area (Å²) in [5.74, 6) is -0.990. The maximum atomic E-state index is 12.5. The lowest BCUT2D eigenvalue weighted by molar-refractivity contribution is -0.388. The van der Waals surface area contributed by atoms with Crippen LogP contribution in [0.3, 0.4) is 0 Å². The highest BCUT2D eigenvalue weighted by atomic mass is 16.6. The minimum atomic E-state index is -0.857. The van der Waals surface area contributed by atoms with Crippen LogP contribution >= 0.6 is 0 Å². The molecule has 1 aliphatic heterocycles. The van der Waals surface area contributed by atoms with Crippen LogP contribution in [0.15, 0.2) is 4.79 Å². The predicted molar refractivity (Wildman–Crippen MR) is 76.4 cm³/mol. The second kappa shape index (κ2) is 5.96. The minimum Gasteiger partial charge on any atom is -0.463 e. The van der Waals surface area contributed by atoms with Crippen molar-refractivity contribution in [2.24, 2.45) is 7.05 Å². The van der Waals surface area contributed by atoms with E-state index in [4.69, 9.17) is 9.47 Å². The molecule has 1 saturated heterocycles. The zero-order chi connectivity index (χ0) is 17.4. The van der Waals surface area contributed by atoms with Crippen molar-refractivity contribution in [3.63, 3.8) is 0 Å². The number of carbonyl (C=O) groups is 1. The molecule has 24 heavy (non-hydrogen) atoms. The lowest BCUT2D eigenvalue weighted by atomic mass is 10.2. The molecule has 1 fully saturated rings. The maximum Gasteiger partial charge on any atom is 0.418 e. The summed E-state index contributed by atoms with van der Waals surface area (Å²) in [6, 6.07) is 0. The Hall–Kier alpha value is -2.89. The van der Waals surface area contributed by atoms with E-state index in [0.29, 0.717) is 0 Å². The van der Waals surface area contributed by atoms with E-state index in [1.54, 1.807) is 12.8 Å². The van der Waals surface area contributed by atoms with Crippen molar-refractivity contribution in [1.82, 2.24) is 24.8 Å². The molecule has 0 spiro atoms. The van der Waals surface area contributed by atoms with E-state index in [-0.39, 0.29) is 17.6 Å². The third-order valence-corrected chi connectivity index (χ3v) is 3.33. The van der Waals surface area contributed by atoms with Gasteiger partial charge in [-0.25, -0.2) is 0 Å². The average Bonchev–Trinajstić information content (AvgIpc) is 3.11. The number of aromatic nitrogens is 5. The Balaban J connectivity index is 1.90. The Morgan fingerprint density at radius 2 is 2.25 bits per heavy atom. The van der Waals surface area contributed by atoms with Crippen LogP contribution in [0.5, 0.6) is 0 Å². The fourth-order valence-corrected chi connectivity index (χ4v) is 2.28. The Morgan fingerprint density at radius 3 is 2.92 bits per heavy atom. The first kappa shape index (κ1) is 16.0. The summed E-state index contributed by atoms with van der Waals surface area (Å²) in [5, 5.41) is 22.0. The zero-order valence-electron chi connectivity index (χ0n) is 12.6. The molecule has 2 unspecified atom stereocenters. The largest absolute Gasteiger partial charge is 0.463 e. The van der Waals surface area contributed by atoms with Gasteiger partial charge in [-0.3, -0.25) is 9.59 Å². The number of fused-ring (bicyclic) bond motifs is 1. The Morgan fingerprint density at radius 1 is 1.50 bits per heavy atom. The highest BCUT2D eigenvalue weighted by Gasteiger charge is 2.32. The van der Waals surface area contributed by atoms with Gasteiger partial charge in [0.25, 0.3) is 0 Å². The topological polar surface area (TPSA) is 144 Å². The molecule has 2 atom stereocenters. The van der Waals surface area contributed by atoms with E-state index < -0.39 is 34.6 Å². The Kier molecular flexibility index (Phi) is 3.97. The highest BCUT2D eigenvalue weighted by Crippen LogP contribution is 2.26. The number of hydrogen-bond donors (Lipinski definition) is 0. The number of hydrogen-bond acceptors (Lipinski definition) is 9. The number of aryl methyl sites for hydroxylation is 1. The van der Waals surface area contributed by atoms with Crippen molar-refractivity contribution in [3.8, 4) is 0 Å². The monoisotopic (exact) mass is 336 g/mol. The molecular formula is C12H12N6O6. The summed E-state index contributed by atoms with van der Waals surface area (Å²) in [6.07, 6.45) is 1.80. The van der Waals surface area contributed by atoms with Gasteiger partial charge >= 0.3 is 17.3 Å². The molecule has 0 amide bonds. The second-order valence-corrected chi connectivity index (χ2v) is 4.99. The third-order valence-electron chi connectivity index (χ3n) is 3.33. The number of nitro groups is 1. The highest BCUT2D eigenvalue weighted by molar-refractivity contribution is 5.81. The number of ether oxygens (including phenoxy) is 2. The van der Waals surface area contributed by atoms with Crippen LogP contribution < -0.4 is 5.56 Å². The molecular weight excluding hydrogens is 324 g/mol. The van der Waals surface area contributed by atoms with Crippen molar-refractivity contribution in [2.45, 2.75) is 19.3 Å². The van der Waals surface area contributed by atoms with Gasteiger partial charge in [-0.2, -0.15) is 9.36 Å². The first-order chi connectivity index (χ1) is 11.4. The van der Waals surface area contributed by atoms with Crippen LogP contribution in [0.1, 0.15) is 13.2 Å². The maximum absolute atomic E-state index is 12.5. The van der Waals surface area contributed by atoms with Crippen LogP contribution in [-0.4, -0.2) is 48.4 Å². The van der Waals surface area contributed by atoms with Gasteiger partial charge < -0.3 is 19.6 Å². The van der Waals surface area contributed by atoms with Gasteiger partial charge in [0.05, 0.1) is 18.3 Å². The van der Waals surface area contributed by atoms with E-state index in [9.17, 15) is 19.7 Å². The van der Waals surface area contributed by atoms with Crippen molar-refractivity contribution >= 4 is 22.8 Å². The zero-order valence-corrected chi connectivity index (χ0v) is 12.6. The average molecular weight is 336 g/mol. The summed E-state index contributed by atoms with van der Waals surface area (Å²) in [4.78, 5) is 33.5. The summed E-state index contributed by atoms with van der Waals surface area (Å²) in [5.41, 5.74) is -0.884. The SMILES string of the molecule is CC(=O)OCC1[CH][CH]C(n2nnc3c([N+](=O)[O-])nn(C)c3c2=O)O1. The molecule has 2 aromatic rings. The normalized spacial score (nSPS) is 20.4. The molecule has 1 aliphatic rings. The molecule has 0 aliphatic carbocycles. The van der Waals surface area contributed by atoms with Crippen LogP contribution in [0.4, 0.5) is 5.82 Å². The third kappa shape index (κ3) is 2.71. The van der Waals surface area contributed by atoms with Gasteiger partial charge in [0.15, 0.2) is 11.7 Å². The van der Waals surface area contributed by atoms with Crippen molar-refractivity contribution < 1.29 is 19.2 Å². The smallest absolute Gasteiger partial charge is 0.418 e. The molecule has 12 heteroatoms. The fraction of sp³-hybridized carbons (Fsp3) is 0.417. The van der Waals surface area contributed by atoms with Gasteiger partial charge in [0.1, 0.15) is 6.61 Å². The van der Waals surface area contributed by atoms with Crippen molar-refractivity contribution in [1.29, 1.82) is 0 Å². The Labute approximate surface area is 134 Å². The van der Waals surface area contributed by atoms with Crippen LogP contribution in [0.2, 0.25) is 0 Å². The first-order valence-corrected chi connectivity index (χ1v) is 6.82. The van der Waals surface area contributed by atoms with Gasteiger partial charge in [0, 0.05) is 19.8 Å². The summed E-state index contributed by atoms with van der Waals surface area (Å²) in [7, 11) is 1.40. The predicted octanol–water partition coefficient (Wildman–Crippen LogP) is -0.698.